The largest absolute Gasteiger partial charge is 0.381 e. The highest BCUT2D eigenvalue weighted by atomic mass is 16.5. The standard InChI is InChI=1S/C7H13N3O/c1-5-4-6(11-3)7(5,2)9-10-8/h5-6H,4H2,1-3H3. The van der Waals surface area contributed by atoms with Gasteiger partial charge in [0.1, 0.15) is 0 Å². The first kappa shape index (κ1) is 8.37. The number of azide groups is 1. The molecule has 1 aliphatic rings. The van der Waals surface area contributed by atoms with Crippen LogP contribution >= 0.6 is 0 Å². The second-order valence-electron chi connectivity index (χ2n) is 3.28. The van der Waals surface area contributed by atoms with Crippen molar-refractivity contribution in [2.75, 3.05) is 7.11 Å². The first-order valence-electron chi connectivity index (χ1n) is 3.74. The fourth-order valence-corrected chi connectivity index (χ4v) is 1.55. The van der Waals surface area contributed by atoms with Crippen LogP contribution in [0, 0.1) is 5.92 Å². The van der Waals surface area contributed by atoms with Gasteiger partial charge in [0, 0.05) is 12.0 Å². The topological polar surface area (TPSA) is 58.0 Å². The van der Waals surface area contributed by atoms with E-state index in [9.17, 15) is 0 Å². The highest BCUT2D eigenvalue weighted by molar-refractivity contribution is 5.06. The molecule has 0 radical (unpaired) electrons. The molecule has 0 saturated heterocycles. The summed E-state index contributed by atoms with van der Waals surface area (Å²) in [5.74, 6) is 0.434. The lowest BCUT2D eigenvalue weighted by Crippen LogP contribution is -2.55. The number of hydrogen-bond acceptors (Lipinski definition) is 2. The average Bonchev–Trinajstić information content (AvgIpc) is 2.00. The summed E-state index contributed by atoms with van der Waals surface area (Å²) in [6.45, 7) is 4.01. The van der Waals surface area contributed by atoms with Gasteiger partial charge in [-0.15, -0.1) is 0 Å². The third kappa shape index (κ3) is 1.08. The highest BCUT2D eigenvalue weighted by Crippen LogP contribution is 2.43. The van der Waals surface area contributed by atoms with Crippen molar-refractivity contribution in [1.82, 2.24) is 0 Å². The van der Waals surface area contributed by atoms with Crippen molar-refractivity contribution in [3.8, 4) is 0 Å². The van der Waals surface area contributed by atoms with Crippen molar-refractivity contribution in [2.24, 2.45) is 11.0 Å². The summed E-state index contributed by atoms with van der Waals surface area (Å²) in [4.78, 5) is 2.82. The molecule has 1 fully saturated rings. The van der Waals surface area contributed by atoms with E-state index in [-0.39, 0.29) is 11.6 Å². The van der Waals surface area contributed by atoms with E-state index in [1.165, 1.54) is 0 Å². The Morgan fingerprint density at radius 3 is 2.73 bits per heavy atom. The summed E-state index contributed by atoms with van der Waals surface area (Å²) >= 11 is 0. The maximum atomic E-state index is 8.30. The molecule has 3 unspecified atom stereocenters. The fraction of sp³-hybridized carbons (Fsp3) is 1.00. The Labute approximate surface area is 66.2 Å². The third-order valence-electron chi connectivity index (χ3n) is 2.76. The number of nitrogens with zero attached hydrogens (tertiary/aromatic N) is 3. The summed E-state index contributed by atoms with van der Waals surface area (Å²) in [5, 5.41) is 3.75. The molecule has 0 aliphatic heterocycles. The van der Waals surface area contributed by atoms with E-state index in [0.717, 1.165) is 6.42 Å². The van der Waals surface area contributed by atoms with Crippen LogP contribution in [0.5, 0.6) is 0 Å². The van der Waals surface area contributed by atoms with Crippen LogP contribution in [0.25, 0.3) is 10.4 Å². The molecule has 0 N–H and O–H groups in total. The van der Waals surface area contributed by atoms with Crippen LogP contribution in [-0.4, -0.2) is 18.8 Å². The van der Waals surface area contributed by atoms with Gasteiger partial charge in [-0.25, -0.2) is 0 Å². The SMILES string of the molecule is COC1CC(C)C1(C)N=[N+]=[N-]. The molecule has 1 rings (SSSR count). The maximum absolute atomic E-state index is 8.30. The van der Waals surface area contributed by atoms with Crippen LogP contribution in [-0.2, 0) is 4.74 Å². The van der Waals surface area contributed by atoms with Crippen molar-refractivity contribution in [2.45, 2.75) is 31.9 Å². The lowest BCUT2D eigenvalue weighted by atomic mass is 9.67. The first-order valence-corrected chi connectivity index (χ1v) is 3.74. The van der Waals surface area contributed by atoms with Gasteiger partial charge in [-0.3, -0.25) is 0 Å². The number of ether oxygens (including phenoxy) is 1. The Hall–Kier alpha value is -0.730. The fourth-order valence-electron chi connectivity index (χ4n) is 1.55. The minimum absolute atomic E-state index is 0.105. The predicted molar refractivity (Wildman–Crippen MR) is 42.1 cm³/mol. The molecule has 4 nitrogen and oxygen atoms in total. The average molecular weight is 155 g/mol. The molecular weight excluding hydrogens is 142 g/mol. The molecule has 0 amide bonds. The van der Waals surface area contributed by atoms with Crippen molar-refractivity contribution in [3.63, 3.8) is 0 Å². The summed E-state index contributed by atoms with van der Waals surface area (Å²) in [6, 6.07) is 0. The van der Waals surface area contributed by atoms with Gasteiger partial charge in [-0.1, -0.05) is 19.0 Å². The Morgan fingerprint density at radius 2 is 2.36 bits per heavy atom. The molecule has 0 heterocycles. The first-order chi connectivity index (χ1) is 5.15. The highest BCUT2D eigenvalue weighted by Gasteiger charge is 2.49. The molecule has 0 aromatic carbocycles. The third-order valence-corrected chi connectivity index (χ3v) is 2.76. The zero-order valence-electron chi connectivity index (χ0n) is 7.11. The number of hydrogen-bond donors (Lipinski definition) is 0. The molecule has 0 spiro atoms. The monoisotopic (exact) mass is 155 g/mol. The van der Waals surface area contributed by atoms with E-state index in [1.807, 2.05) is 6.92 Å². The Kier molecular flexibility index (Phi) is 2.07. The van der Waals surface area contributed by atoms with E-state index >= 15 is 0 Å². The molecule has 0 aromatic rings. The normalized spacial score (nSPS) is 42.5. The van der Waals surface area contributed by atoms with Crippen LogP contribution in [0.4, 0.5) is 0 Å². The van der Waals surface area contributed by atoms with Crippen LogP contribution in [0.2, 0.25) is 0 Å². The Bertz CT molecular complexity index is 200. The molecule has 0 aromatic heterocycles. The van der Waals surface area contributed by atoms with Gasteiger partial charge in [-0.05, 0) is 17.9 Å². The molecule has 1 aliphatic carbocycles. The smallest absolute Gasteiger partial charge is 0.0747 e. The van der Waals surface area contributed by atoms with Crippen LogP contribution in [0.1, 0.15) is 20.3 Å². The quantitative estimate of drug-likeness (QED) is 0.342. The van der Waals surface area contributed by atoms with Gasteiger partial charge in [0.15, 0.2) is 0 Å². The van der Waals surface area contributed by atoms with Crippen LogP contribution < -0.4 is 0 Å². The van der Waals surface area contributed by atoms with E-state index in [1.54, 1.807) is 7.11 Å². The second-order valence-corrected chi connectivity index (χ2v) is 3.28. The summed E-state index contributed by atoms with van der Waals surface area (Å²) in [6.07, 6.45) is 1.10. The van der Waals surface area contributed by atoms with Gasteiger partial charge in [0.05, 0.1) is 11.6 Å². The zero-order chi connectivity index (χ0) is 8.48. The van der Waals surface area contributed by atoms with Crippen molar-refractivity contribution >= 4 is 0 Å². The molecule has 11 heavy (non-hydrogen) atoms. The lowest BCUT2D eigenvalue weighted by molar-refractivity contribution is -0.0670. The van der Waals surface area contributed by atoms with Gasteiger partial charge >= 0.3 is 0 Å². The number of methoxy groups -OCH3 is 1. The molecule has 3 atom stereocenters. The summed E-state index contributed by atoms with van der Waals surface area (Å²) < 4.78 is 5.16. The molecule has 1 saturated carbocycles. The predicted octanol–water partition coefficient (Wildman–Crippen LogP) is 2.11. The Balaban J connectivity index is 2.73. The molecular formula is C7H13N3O. The molecule has 0 bridgehead atoms. The summed E-state index contributed by atoms with van der Waals surface area (Å²) in [5.41, 5.74) is 7.98. The van der Waals surface area contributed by atoms with Gasteiger partial charge < -0.3 is 4.74 Å². The van der Waals surface area contributed by atoms with Gasteiger partial charge in [-0.2, -0.15) is 0 Å². The van der Waals surface area contributed by atoms with Crippen LogP contribution in [0.15, 0.2) is 5.11 Å². The van der Waals surface area contributed by atoms with Crippen molar-refractivity contribution in [1.29, 1.82) is 0 Å². The molecule has 62 valence electrons. The van der Waals surface area contributed by atoms with E-state index in [4.69, 9.17) is 10.3 Å². The van der Waals surface area contributed by atoms with Crippen molar-refractivity contribution < 1.29 is 4.74 Å². The Morgan fingerprint density at radius 1 is 1.73 bits per heavy atom. The number of rotatable bonds is 2. The maximum Gasteiger partial charge on any atom is 0.0747 e. The zero-order valence-corrected chi connectivity index (χ0v) is 7.11. The van der Waals surface area contributed by atoms with Gasteiger partial charge in [0.2, 0.25) is 0 Å². The minimum Gasteiger partial charge on any atom is -0.381 e. The van der Waals surface area contributed by atoms with Crippen molar-refractivity contribution in [3.05, 3.63) is 10.4 Å². The second kappa shape index (κ2) is 2.72. The minimum atomic E-state index is -0.316. The van der Waals surface area contributed by atoms with Gasteiger partial charge in [0.25, 0.3) is 0 Å². The lowest BCUT2D eigenvalue weighted by Gasteiger charge is -2.48. The van der Waals surface area contributed by atoms with E-state index in [2.05, 4.69) is 16.9 Å². The van der Waals surface area contributed by atoms with Crippen LogP contribution in [0.3, 0.4) is 0 Å². The van der Waals surface area contributed by atoms with E-state index < -0.39 is 0 Å². The summed E-state index contributed by atoms with van der Waals surface area (Å²) in [7, 11) is 1.65. The molecule has 4 heteroatoms. The van der Waals surface area contributed by atoms with E-state index in [0.29, 0.717) is 5.92 Å².